The van der Waals surface area contributed by atoms with E-state index in [9.17, 15) is 0 Å². The summed E-state index contributed by atoms with van der Waals surface area (Å²) in [5.41, 5.74) is 7.94. The molecule has 63 heavy (non-hydrogen) atoms. The summed E-state index contributed by atoms with van der Waals surface area (Å²) in [7, 11) is 1.31. The number of rotatable bonds is 6. The van der Waals surface area contributed by atoms with E-state index in [4.69, 9.17) is 0 Å². The van der Waals surface area contributed by atoms with Gasteiger partial charge >= 0.3 is 52.4 Å². The monoisotopic (exact) mass is 1000 g/mol. The zero-order valence-corrected chi connectivity index (χ0v) is 45.6. The Bertz CT molecular complexity index is 2180. The molecule has 0 aromatic heterocycles. The summed E-state index contributed by atoms with van der Waals surface area (Å²) in [6, 6.07) is 55.5. The Balaban J connectivity index is 0.000000428. The van der Waals surface area contributed by atoms with Crippen LogP contribution >= 0.6 is 0 Å². The van der Waals surface area contributed by atoms with Crippen LogP contribution in [-0.4, -0.2) is 9.52 Å². The Morgan fingerprint density at radius 3 is 1.00 bits per heavy atom. The molecular formula is C60H74SiZr2. The number of benzene rings is 6. The number of aryl methyl sites for hydroxylation is 2. The molecule has 4 radical (unpaired) electrons. The molecule has 0 unspecified atom stereocenters. The third-order valence-electron chi connectivity index (χ3n) is 10.3. The molecule has 1 aliphatic heterocycles. The van der Waals surface area contributed by atoms with Crippen molar-refractivity contribution in [3.8, 4) is 22.3 Å². The van der Waals surface area contributed by atoms with Gasteiger partial charge in [0.15, 0.2) is 0 Å². The van der Waals surface area contributed by atoms with Crippen molar-refractivity contribution in [2.24, 2.45) is 0 Å². The van der Waals surface area contributed by atoms with Gasteiger partial charge in [0.25, 0.3) is 0 Å². The summed E-state index contributed by atoms with van der Waals surface area (Å²) in [4.78, 5) is 0. The van der Waals surface area contributed by atoms with Gasteiger partial charge in [-0.3, -0.25) is 0 Å². The molecule has 3 heteroatoms. The van der Waals surface area contributed by atoms with Crippen LogP contribution in [0.3, 0.4) is 0 Å². The van der Waals surface area contributed by atoms with E-state index >= 15 is 0 Å². The van der Waals surface area contributed by atoms with Gasteiger partial charge in [0.05, 0.1) is 0 Å². The zero-order chi connectivity index (χ0) is 44.2. The average molecular weight is 1010 g/mol. The van der Waals surface area contributed by atoms with Crippen molar-refractivity contribution >= 4 is 52.6 Å². The topological polar surface area (TPSA) is 0 Å². The fourth-order valence-corrected chi connectivity index (χ4v) is 8.03. The molecule has 326 valence electrons. The standard InChI is InChI=1S/2C20H15.C4H8Si.4C4H9.2Zr/c2*1-14-12-16-8-5-11-19(20(16)13-14)18-10-4-7-15-6-2-3-9-17(15)18;1-2-4-5-3-1;4*1-3-4-2;;/h2*2-13H,1H3;1-4H2;4*1,3-4H2,2H3;;/q2*-1;;4*-1;2*+3. The predicted octanol–water partition coefficient (Wildman–Crippen LogP) is 19.2. The fourth-order valence-electron chi connectivity index (χ4n) is 6.78. The number of unbranched alkanes of at least 4 members (excludes halogenated alkanes) is 4. The van der Waals surface area contributed by atoms with Gasteiger partial charge in [0.2, 0.25) is 0 Å². The third-order valence-corrected chi connectivity index (χ3v) is 11.7. The molecule has 8 aromatic rings. The van der Waals surface area contributed by atoms with Crippen LogP contribution in [0.5, 0.6) is 0 Å². The second kappa shape index (κ2) is 34.4. The minimum absolute atomic E-state index is 0. The van der Waals surface area contributed by atoms with Crippen LogP contribution < -0.4 is 0 Å². The molecule has 9 rings (SSSR count). The summed E-state index contributed by atoms with van der Waals surface area (Å²) >= 11 is 0. The Kier molecular flexibility index (Phi) is 31.7. The number of hydrogen-bond donors (Lipinski definition) is 0. The molecule has 1 heterocycles. The largest absolute Gasteiger partial charge is 3.00 e. The van der Waals surface area contributed by atoms with E-state index in [-0.39, 0.29) is 52.4 Å². The summed E-state index contributed by atoms with van der Waals surface area (Å²) in [6.45, 7) is 27.2. The summed E-state index contributed by atoms with van der Waals surface area (Å²) < 4.78 is 0. The SMILES string of the molecule is C1CC[Si]C1.Cc1cc2c(-c3cccc4ccccc34)cccc2[cH-]1.Cc1cc2c(-c3cccc4ccccc34)cccc2[cH-]1.[CH2-]CCC.[CH2-]CCC.[CH2-]CCC.[CH2-]CCC.[Zr+3].[Zr+3]. The van der Waals surface area contributed by atoms with Crippen molar-refractivity contribution in [2.45, 2.75) is 118 Å². The normalized spacial score (nSPS) is 11.0. The minimum atomic E-state index is 0. The molecular weight excluding hydrogens is 931 g/mol. The third kappa shape index (κ3) is 19.2. The molecule has 0 aliphatic carbocycles. The molecule has 8 aromatic carbocycles. The van der Waals surface area contributed by atoms with Crippen LogP contribution in [0, 0.1) is 41.5 Å². The van der Waals surface area contributed by atoms with E-state index in [1.807, 2.05) is 0 Å². The van der Waals surface area contributed by atoms with Gasteiger partial charge in [-0.1, -0.05) is 200 Å². The van der Waals surface area contributed by atoms with Gasteiger partial charge in [0, 0.05) is 9.52 Å². The van der Waals surface area contributed by atoms with E-state index in [0.29, 0.717) is 0 Å². The van der Waals surface area contributed by atoms with Gasteiger partial charge in [0.1, 0.15) is 0 Å². The quantitative estimate of drug-likeness (QED) is 0.115. The molecule has 1 fully saturated rings. The first-order valence-corrected chi connectivity index (χ1v) is 24.4. The second-order valence-corrected chi connectivity index (χ2v) is 17.1. The minimum Gasteiger partial charge on any atom is -0.343 e. The van der Waals surface area contributed by atoms with Gasteiger partial charge in [-0.25, -0.2) is 0 Å². The Morgan fingerprint density at radius 1 is 0.413 bits per heavy atom. The number of fused-ring (bicyclic) bond motifs is 4. The van der Waals surface area contributed by atoms with E-state index in [1.165, 1.54) is 137 Å². The molecule has 0 spiro atoms. The molecule has 0 N–H and O–H groups in total. The first-order valence-electron chi connectivity index (χ1n) is 23.0. The van der Waals surface area contributed by atoms with Crippen molar-refractivity contribution in [2.75, 3.05) is 0 Å². The molecule has 1 aliphatic rings. The second-order valence-electron chi connectivity index (χ2n) is 15.6. The smallest absolute Gasteiger partial charge is 0.343 e. The van der Waals surface area contributed by atoms with Gasteiger partial charge in [-0.05, 0) is 32.7 Å². The Morgan fingerprint density at radius 2 is 0.698 bits per heavy atom. The van der Waals surface area contributed by atoms with Crippen molar-refractivity contribution in [1.29, 1.82) is 0 Å². The van der Waals surface area contributed by atoms with Crippen LogP contribution in [0.2, 0.25) is 12.1 Å². The van der Waals surface area contributed by atoms with Crippen LogP contribution in [0.1, 0.15) is 103 Å². The Labute approximate surface area is 425 Å². The molecule has 0 atom stereocenters. The number of hydrogen-bond acceptors (Lipinski definition) is 0. The predicted molar refractivity (Wildman–Crippen MR) is 280 cm³/mol. The van der Waals surface area contributed by atoms with Gasteiger partial charge in [-0.15, -0.1) is 69.1 Å². The van der Waals surface area contributed by atoms with E-state index in [2.05, 4.69) is 215 Å². The van der Waals surface area contributed by atoms with Gasteiger partial charge in [-0.2, -0.15) is 37.8 Å². The summed E-state index contributed by atoms with van der Waals surface area (Å²) in [5.74, 6) is 0. The fraction of sp³-hybridized carbons (Fsp3) is 0.300. The molecule has 0 saturated carbocycles. The van der Waals surface area contributed by atoms with Crippen LogP contribution in [0.4, 0.5) is 0 Å². The maximum absolute atomic E-state index is 3.60. The maximum atomic E-state index is 3.60. The maximum Gasteiger partial charge on any atom is 3.00 e. The molecule has 0 bridgehead atoms. The van der Waals surface area contributed by atoms with E-state index in [1.54, 1.807) is 0 Å². The van der Waals surface area contributed by atoms with E-state index < -0.39 is 0 Å². The summed E-state index contributed by atoms with van der Waals surface area (Å²) in [6.07, 6.45) is 12.1. The van der Waals surface area contributed by atoms with Crippen molar-refractivity contribution in [1.82, 2.24) is 0 Å². The average Bonchev–Trinajstić information content (AvgIpc) is 4.11. The van der Waals surface area contributed by atoms with Crippen molar-refractivity contribution in [3.63, 3.8) is 0 Å². The van der Waals surface area contributed by atoms with Crippen molar-refractivity contribution in [3.05, 3.63) is 184 Å². The van der Waals surface area contributed by atoms with E-state index in [0.717, 1.165) is 25.7 Å². The molecule has 1 saturated heterocycles. The van der Waals surface area contributed by atoms with Crippen LogP contribution in [-0.2, 0) is 52.4 Å². The van der Waals surface area contributed by atoms with Crippen molar-refractivity contribution < 1.29 is 52.4 Å². The summed E-state index contributed by atoms with van der Waals surface area (Å²) in [5, 5.41) is 10.6. The first-order chi connectivity index (χ1) is 29.8. The zero-order valence-electron chi connectivity index (χ0n) is 39.7. The van der Waals surface area contributed by atoms with Gasteiger partial charge < -0.3 is 27.7 Å². The Hall–Kier alpha value is -2.96. The first kappa shape index (κ1) is 58.1. The molecule has 0 nitrogen and oxygen atoms in total. The van der Waals surface area contributed by atoms with Crippen LogP contribution in [0.15, 0.2) is 146 Å². The van der Waals surface area contributed by atoms with Crippen LogP contribution in [0.25, 0.3) is 65.3 Å². The molecule has 0 amide bonds.